The number of carbonyl (C=O) groups is 1. The molecule has 3 N–H and O–H groups in total. The van der Waals surface area contributed by atoms with Gasteiger partial charge in [0, 0.05) is 40.5 Å². The number of nitrogens with one attached hydrogen (secondary N) is 3. The molecule has 0 bridgehead atoms. The number of anilines is 4. The molecule has 2 amide bonds. The van der Waals surface area contributed by atoms with E-state index in [2.05, 4.69) is 31.0 Å². The molecule has 0 atom stereocenters. The van der Waals surface area contributed by atoms with Crippen molar-refractivity contribution in [1.82, 2.24) is 19.7 Å². The molecule has 4 rings (SSSR count). The zero-order chi connectivity index (χ0) is 21.8. The maximum Gasteiger partial charge on any atom is 0.323 e. The first-order valence-corrected chi connectivity index (χ1v) is 9.91. The molecule has 2 aromatic carbocycles. The average molecular weight is 434 g/mol. The largest absolute Gasteiger partial charge is 0.340 e. The minimum Gasteiger partial charge on any atom is -0.340 e. The van der Waals surface area contributed by atoms with E-state index in [9.17, 15) is 4.79 Å². The lowest BCUT2D eigenvalue weighted by molar-refractivity contribution is 0.262. The number of nitrogens with zero attached hydrogens (tertiary/aromatic N) is 4. The van der Waals surface area contributed by atoms with Crippen molar-refractivity contribution in [3.8, 4) is 5.82 Å². The van der Waals surface area contributed by atoms with Crippen LogP contribution in [0.15, 0.2) is 67.0 Å². The van der Waals surface area contributed by atoms with Crippen LogP contribution in [0.1, 0.15) is 11.4 Å². The maximum atomic E-state index is 12.3. The normalized spacial score (nSPS) is 10.5. The van der Waals surface area contributed by atoms with Gasteiger partial charge in [0.05, 0.1) is 0 Å². The molecule has 9 heteroatoms. The lowest BCUT2D eigenvalue weighted by atomic mass is 10.2. The summed E-state index contributed by atoms with van der Waals surface area (Å²) in [4.78, 5) is 21.1. The van der Waals surface area contributed by atoms with E-state index in [0.29, 0.717) is 33.9 Å². The van der Waals surface area contributed by atoms with Crippen molar-refractivity contribution < 1.29 is 4.79 Å². The number of aryl methyl sites for hydroxylation is 1. The summed E-state index contributed by atoms with van der Waals surface area (Å²) >= 11 is 6.10. The van der Waals surface area contributed by atoms with Crippen molar-refractivity contribution in [2.24, 2.45) is 0 Å². The molecule has 0 radical (unpaired) electrons. The van der Waals surface area contributed by atoms with E-state index < -0.39 is 0 Å². The predicted molar refractivity (Wildman–Crippen MR) is 122 cm³/mol. The molecule has 2 heterocycles. The van der Waals surface area contributed by atoms with Crippen LogP contribution >= 0.6 is 11.6 Å². The van der Waals surface area contributed by atoms with Crippen LogP contribution in [-0.4, -0.2) is 25.8 Å². The first kappa shape index (κ1) is 20.4. The van der Waals surface area contributed by atoms with Crippen LogP contribution in [0.5, 0.6) is 0 Å². The Morgan fingerprint density at radius 2 is 1.74 bits per heavy atom. The van der Waals surface area contributed by atoms with E-state index in [0.717, 1.165) is 11.3 Å². The van der Waals surface area contributed by atoms with E-state index in [1.54, 1.807) is 41.2 Å². The molecule has 156 valence electrons. The number of amides is 2. The summed E-state index contributed by atoms with van der Waals surface area (Å²) in [5, 5.41) is 13.7. The summed E-state index contributed by atoms with van der Waals surface area (Å²) in [6.45, 7) is 3.68. The molecule has 0 saturated carbocycles. The Balaban J connectivity index is 1.42. The SMILES string of the molecule is Cc1nc(Nc2ccc(NC(=O)Nc3cccc(Cl)c3C)cc2)cc(-n2cccn2)n1. The summed E-state index contributed by atoms with van der Waals surface area (Å²) in [5.41, 5.74) is 2.95. The zero-order valence-electron chi connectivity index (χ0n) is 16.9. The van der Waals surface area contributed by atoms with E-state index >= 15 is 0 Å². The van der Waals surface area contributed by atoms with Crippen molar-refractivity contribution in [2.45, 2.75) is 13.8 Å². The monoisotopic (exact) mass is 433 g/mol. The minimum absolute atomic E-state index is 0.346. The summed E-state index contributed by atoms with van der Waals surface area (Å²) in [6, 6.07) is 16.0. The number of benzene rings is 2. The van der Waals surface area contributed by atoms with Gasteiger partial charge in [0.15, 0.2) is 5.82 Å². The third-order valence-electron chi connectivity index (χ3n) is 4.49. The summed E-state index contributed by atoms with van der Waals surface area (Å²) in [5.74, 6) is 1.95. The Morgan fingerprint density at radius 3 is 2.48 bits per heavy atom. The first-order valence-electron chi connectivity index (χ1n) is 9.54. The van der Waals surface area contributed by atoms with Crippen LogP contribution in [0.2, 0.25) is 5.02 Å². The van der Waals surface area contributed by atoms with E-state index in [1.807, 2.05) is 44.3 Å². The molecule has 0 spiro atoms. The molecule has 31 heavy (non-hydrogen) atoms. The number of carbonyl (C=O) groups excluding carboxylic acids is 1. The lowest BCUT2D eigenvalue weighted by Crippen LogP contribution is -2.19. The van der Waals surface area contributed by atoms with Gasteiger partial charge < -0.3 is 16.0 Å². The molecule has 0 aliphatic rings. The highest BCUT2D eigenvalue weighted by atomic mass is 35.5. The van der Waals surface area contributed by atoms with E-state index in [-0.39, 0.29) is 6.03 Å². The fourth-order valence-electron chi connectivity index (χ4n) is 2.95. The van der Waals surface area contributed by atoms with Gasteiger partial charge in [-0.2, -0.15) is 5.10 Å². The van der Waals surface area contributed by atoms with Crippen molar-refractivity contribution >= 4 is 40.5 Å². The van der Waals surface area contributed by atoms with Gasteiger partial charge in [-0.1, -0.05) is 17.7 Å². The van der Waals surface area contributed by atoms with Crippen molar-refractivity contribution in [1.29, 1.82) is 0 Å². The Hall–Kier alpha value is -3.91. The van der Waals surface area contributed by atoms with Gasteiger partial charge >= 0.3 is 6.03 Å². The van der Waals surface area contributed by atoms with E-state index in [4.69, 9.17) is 11.6 Å². The number of rotatable bonds is 5. The number of halogens is 1. The van der Waals surface area contributed by atoms with Gasteiger partial charge in [-0.3, -0.25) is 0 Å². The van der Waals surface area contributed by atoms with Crippen LogP contribution in [0.25, 0.3) is 5.82 Å². The Morgan fingerprint density at radius 1 is 0.968 bits per heavy atom. The lowest BCUT2D eigenvalue weighted by Gasteiger charge is -2.12. The van der Waals surface area contributed by atoms with Gasteiger partial charge in [0.25, 0.3) is 0 Å². The third-order valence-corrected chi connectivity index (χ3v) is 4.90. The standard InChI is InChI=1S/C22H20ClN7O/c1-14-18(23)5-3-6-19(14)29-22(31)28-17-9-7-16(8-10-17)27-20-13-21(26-15(2)25-20)30-12-4-11-24-30/h3-13H,1-2H3,(H,25,26,27)(H2,28,29,31). The molecule has 0 aliphatic carbocycles. The molecule has 0 fully saturated rings. The number of urea groups is 1. The quantitative estimate of drug-likeness (QED) is 0.395. The number of hydrogen-bond acceptors (Lipinski definition) is 5. The van der Waals surface area contributed by atoms with Crippen molar-refractivity contribution in [3.05, 3.63) is 83.4 Å². The Bertz CT molecular complexity index is 1210. The van der Waals surface area contributed by atoms with Crippen LogP contribution in [0.4, 0.5) is 27.7 Å². The smallest absolute Gasteiger partial charge is 0.323 e. The second-order valence-corrected chi connectivity index (χ2v) is 7.21. The summed E-state index contributed by atoms with van der Waals surface area (Å²) in [7, 11) is 0. The van der Waals surface area contributed by atoms with Gasteiger partial charge in [0.2, 0.25) is 0 Å². The highest BCUT2D eigenvalue weighted by molar-refractivity contribution is 6.31. The van der Waals surface area contributed by atoms with Crippen LogP contribution in [-0.2, 0) is 0 Å². The third kappa shape index (κ3) is 4.99. The van der Waals surface area contributed by atoms with Crippen molar-refractivity contribution in [2.75, 3.05) is 16.0 Å². The average Bonchev–Trinajstić information content (AvgIpc) is 3.27. The first-order chi connectivity index (χ1) is 15.0. The topological polar surface area (TPSA) is 96.8 Å². The minimum atomic E-state index is -0.346. The Labute approximate surface area is 184 Å². The fraction of sp³-hybridized carbons (Fsp3) is 0.0909. The molecule has 0 unspecified atom stereocenters. The summed E-state index contributed by atoms with van der Waals surface area (Å²) in [6.07, 6.45) is 3.52. The number of hydrogen-bond donors (Lipinski definition) is 3. The zero-order valence-corrected chi connectivity index (χ0v) is 17.7. The molecule has 4 aromatic rings. The van der Waals surface area contributed by atoms with Crippen LogP contribution < -0.4 is 16.0 Å². The second kappa shape index (κ2) is 8.85. The molecular formula is C22H20ClN7O. The summed E-state index contributed by atoms with van der Waals surface area (Å²) < 4.78 is 1.67. The highest BCUT2D eigenvalue weighted by Gasteiger charge is 2.08. The molecule has 8 nitrogen and oxygen atoms in total. The van der Waals surface area contributed by atoms with Crippen molar-refractivity contribution in [3.63, 3.8) is 0 Å². The molecule has 0 aliphatic heterocycles. The van der Waals surface area contributed by atoms with E-state index in [1.165, 1.54) is 0 Å². The van der Waals surface area contributed by atoms with Gasteiger partial charge in [-0.15, -0.1) is 0 Å². The second-order valence-electron chi connectivity index (χ2n) is 6.80. The Kier molecular flexibility index (Phi) is 5.81. The predicted octanol–water partition coefficient (Wildman–Crippen LogP) is 5.32. The van der Waals surface area contributed by atoms with Crippen LogP contribution in [0, 0.1) is 13.8 Å². The number of aromatic nitrogens is 4. The molecular weight excluding hydrogens is 414 g/mol. The highest BCUT2D eigenvalue weighted by Crippen LogP contribution is 2.23. The molecule has 0 saturated heterocycles. The maximum absolute atomic E-state index is 12.3. The fourth-order valence-corrected chi connectivity index (χ4v) is 3.12. The molecule has 2 aromatic heterocycles. The van der Waals surface area contributed by atoms with Crippen LogP contribution in [0.3, 0.4) is 0 Å². The van der Waals surface area contributed by atoms with Gasteiger partial charge in [0.1, 0.15) is 11.6 Å². The van der Waals surface area contributed by atoms with Gasteiger partial charge in [-0.25, -0.2) is 19.4 Å². The van der Waals surface area contributed by atoms with Gasteiger partial charge in [-0.05, 0) is 61.9 Å².